The van der Waals surface area contributed by atoms with Crippen LogP contribution in [-0.2, 0) is 19.0 Å². The van der Waals surface area contributed by atoms with Gasteiger partial charge in [0.1, 0.15) is 5.75 Å². The molecule has 176 valence electrons. The van der Waals surface area contributed by atoms with Crippen molar-refractivity contribution in [2.24, 2.45) is 17.8 Å². The molecule has 0 saturated carbocycles. The van der Waals surface area contributed by atoms with Crippen LogP contribution < -0.4 is 0 Å². The Kier molecular flexibility index (Phi) is 7.14. The first-order valence-electron chi connectivity index (χ1n) is 11.2. The van der Waals surface area contributed by atoms with Gasteiger partial charge in [-0.25, -0.2) is 0 Å². The van der Waals surface area contributed by atoms with Gasteiger partial charge in [-0.2, -0.15) is 0 Å². The van der Waals surface area contributed by atoms with Gasteiger partial charge in [-0.3, -0.25) is 14.5 Å². The number of ether oxygens (including phenoxy) is 1. The summed E-state index contributed by atoms with van der Waals surface area (Å²) < 4.78 is 12.3. The van der Waals surface area contributed by atoms with Crippen molar-refractivity contribution in [2.45, 2.75) is 38.6 Å². The summed E-state index contributed by atoms with van der Waals surface area (Å²) in [6, 6.07) is 5.28. The zero-order chi connectivity index (χ0) is 23.9. The van der Waals surface area contributed by atoms with E-state index in [9.17, 15) is 19.7 Å². The molecule has 4 atom stereocenters. The first-order valence-corrected chi connectivity index (χ1v) is 12.0. The Bertz CT molecular complexity index is 1020. The predicted molar refractivity (Wildman–Crippen MR) is 128 cm³/mol. The van der Waals surface area contributed by atoms with E-state index in [1.165, 1.54) is 11.9 Å². The van der Waals surface area contributed by atoms with E-state index in [2.05, 4.69) is 15.9 Å². The third-order valence-electron chi connectivity index (χ3n) is 7.04. The number of benzene rings is 1. The van der Waals surface area contributed by atoms with Gasteiger partial charge in [0.2, 0.25) is 11.8 Å². The van der Waals surface area contributed by atoms with E-state index in [0.29, 0.717) is 32.2 Å². The minimum absolute atomic E-state index is 0.150. The summed E-state index contributed by atoms with van der Waals surface area (Å²) >= 11 is 3.43. The number of methoxy groups -OCH3 is 1. The van der Waals surface area contributed by atoms with E-state index in [4.69, 9.17) is 9.39 Å². The molecule has 0 aromatic heterocycles. The van der Waals surface area contributed by atoms with E-state index < -0.39 is 19.0 Å². The number of phenols is 1. The van der Waals surface area contributed by atoms with Crippen LogP contribution in [0.4, 0.5) is 0 Å². The number of hydrogen-bond acceptors (Lipinski definition) is 6. The maximum atomic E-state index is 12.9. The molecule has 1 aliphatic carbocycles. The number of allylic oxidation sites excluding steroid dienone is 1. The van der Waals surface area contributed by atoms with E-state index in [1.807, 2.05) is 19.1 Å². The molecule has 2 N–H and O–H groups in total. The summed E-state index contributed by atoms with van der Waals surface area (Å²) in [4.78, 5) is 26.8. The molecule has 4 rings (SSSR count). The van der Waals surface area contributed by atoms with Gasteiger partial charge in [0.15, 0.2) is 0 Å². The molecule has 2 heterocycles. The van der Waals surface area contributed by atoms with Gasteiger partial charge in [-0.15, -0.1) is 0 Å². The molecule has 0 unspecified atom stereocenters. The van der Waals surface area contributed by atoms with Crippen LogP contribution in [-0.4, -0.2) is 60.8 Å². The van der Waals surface area contributed by atoms with Gasteiger partial charge >= 0.3 is 7.12 Å². The molecule has 2 aliphatic heterocycles. The number of carbonyl (C=O) groups is 2. The predicted octanol–water partition coefficient (Wildman–Crippen LogP) is 3.41. The number of hydrogen-bond donors (Lipinski definition) is 2. The third kappa shape index (κ3) is 4.69. The van der Waals surface area contributed by atoms with Gasteiger partial charge in [0, 0.05) is 24.2 Å². The van der Waals surface area contributed by atoms with Gasteiger partial charge in [0.25, 0.3) is 0 Å². The number of rotatable bonds is 6. The quantitative estimate of drug-likeness (QED) is 0.341. The summed E-state index contributed by atoms with van der Waals surface area (Å²) in [7, 11) is 2.17. The van der Waals surface area contributed by atoms with Crippen molar-refractivity contribution in [2.75, 3.05) is 20.8 Å². The van der Waals surface area contributed by atoms with Gasteiger partial charge in [-0.05, 0) is 67.8 Å². The average molecular weight is 518 g/mol. The Morgan fingerprint density at radius 1 is 1.33 bits per heavy atom. The largest absolute Gasteiger partial charge is 0.507 e. The van der Waals surface area contributed by atoms with Crippen LogP contribution in [0.1, 0.15) is 31.7 Å². The first kappa shape index (κ1) is 24.2. The van der Waals surface area contributed by atoms with Gasteiger partial charge in [0.05, 0.1) is 24.5 Å². The second-order valence-electron chi connectivity index (χ2n) is 9.22. The smallest absolute Gasteiger partial charge is 0.455 e. The Morgan fingerprint density at radius 3 is 2.82 bits per heavy atom. The number of aromatic hydroxyl groups is 1. The first-order chi connectivity index (χ1) is 15.7. The second-order valence-corrected chi connectivity index (χ2v) is 10.1. The molecule has 9 heteroatoms. The van der Waals surface area contributed by atoms with Gasteiger partial charge in [-0.1, -0.05) is 27.6 Å². The highest BCUT2D eigenvalue weighted by Gasteiger charge is 2.56. The Morgan fingerprint density at radius 2 is 2.09 bits per heavy atom. The third-order valence-corrected chi connectivity index (χ3v) is 7.53. The van der Waals surface area contributed by atoms with Crippen LogP contribution in [0.2, 0.25) is 6.32 Å². The lowest BCUT2D eigenvalue weighted by molar-refractivity contribution is -0.138. The molecule has 3 aliphatic rings. The Labute approximate surface area is 202 Å². The maximum absolute atomic E-state index is 12.9. The van der Waals surface area contributed by atoms with Crippen LogP contribution in [0.3, 0.4) is 0 Å². The fourth-order valence-electron chi connectivity index (χ4n) is 5.57. The number of carbonyl (C=O) groups excluding carboxylic acids is 2. The number of halogens is 1. The molecule has 0 spiro atoms. The Hall–Kier alpha value is -1.94. The average Bonchev–Trinajstić information content (AvgIpc) is 2.98. The fourth-order valence-corrected chi connectivity index (χ4v) is 5.94. The van der Waals surface area contributed by atoms with Crippen molar-refractivity contribution in [3.05, 3.63) is 45.0 Å². The zero-order valence-corrected chi connectivity index (χ0v) is 20.7. The summed E-state index contributed by atoms with van der Waals surface area (Å²) in [6.45, 7) is 2.36. The highest BCUT2D eigenvalue weighted by atomic mass is 79.9. The molecule has 33 heavy (non-hydrogen) atoms. The summed E-state index contributed by atoms with van der Waals surface area (Å²) in [5.74, 6) is -1.19. The highest BCUT2D eigenvalue weighted by Crippen LogP contribution is 2.50. The molecular formula is C24H29BBrNO6. The lowest BCUT2D eigenvalue weighted by Gasteiger charge is -2.43. The topological polar surface area (TPSA) is 96.3 Å². The minimum Gasteiger partial charge on any atom is -0.507 e. The summed E-state index contributed by atoms with van der Waals surface area (Å²) in [5.41, 5.74) is 3.79. The monoisotopic (exact) mass is 517 g/mol. The van der Waals surface area contributed by atoms with Crippen molar-refractivity contribution in [1.29, 1.82) is 0 Å². The SMILES string of the molecule is COCC1=C2[C@@H](CC/C(C)=C/c3cc(Br)ccc3O)OB(O)C[C@@H]2[C@@H]2C(=O)N(C)C(=O)[C@@H]2C1. The van der Waals surface area contributed by atoms with Crippen LogP contribution in [0.5, 0.6) is 5.75 Å². The fraction of sp³-hybridized carbons (Fsp3) is 0.500. The molecule has 0 bridgehead atoms. The van der Waals surface area contributed by atoms with E-state index in [-0.39, 0.29) is 29.6 Å². The van der Waals surface area contributed by atoms with Crippen molar-refractivity contribution in [3.63, 3.8) is 0 Å². The standard InChI is InChI=1S/C24H29BBrNO6/c1-13(8-14-9-16(26)5-6-19(14)28)4-7-20-21-15(12-32-3)10-17-22(18(21)11-25(31)33-20)24(30)27(2)23(17)29/h5-6,8-9,17-18,20,22,28,31H,4,7,10-12H2,1-3H3/b13-8+/t17-,18+,20-,22-/m1/s1. The zero-order valence-electron chi connectivity index (χ0n) is 19.1. The Balaban J connectivity index is 1.60. The maximum Gasteiger partial charge on any atom is 0.455 e. The van der Waals surface area contributed by atoms with Crippen molar-refractivity contribution >= 4 is 40.9 Å². The molecule has 2 fully saturated rings. The normalized spacial score (nSPS) is 27.8. The molecule has 1 aromatic carbocycles. The molecular weight excluding hydrogens is 489 g/mol. The minimum atomic E-state index is -0.987. The number of fused-ring (bicyclic) bond motifs is 3. The summed E-state index contributed by atoms with van der Waals surface area (Å²) in [5, 5.41) is 20.6. The van der Waals surface area contributed by atoms with Crippen molar-refractivity contribution < 1.29 is 29.1 Å². The number of amides is 2. The summed E-state index contributed by atoms with van der Waals surface area (Å²) in [6.07, 6.45) is 3.65. The van der Waals surface area contributed by atoms with Crippen LogP contribution >= 0.6 is 15.9 Å². The van der Waals surface area contributed by atoms with Gasteiger partial charge < -0.3 is 19.5 Å². The molecule has 2 amide bonds. The van der Waals surface area contributed by atoms with Crippen molar-refractivity contribution in [1.82, 2.24) is 4.90 Å². The lowest BCUT2D eigenvalue weighted by Crippen LogP contribution is -2.46. The number of imide groups is 1. The van der Waals surface area contributed by atoms with E-state index in [0.717, 1.165) is 26.8 Å². The van der Waals surface area contributed by atoms with Crippen LogP contribution in [0, 0.1) is 17.8 Å². The van der Waals surface area contributed by atoms with E-state index in [1.54, 1.807) is 19.2 Å². The second kappa shape index (κ2) is 9.74. The molecule has 2 saturated heterocycles. The van der Waals surface area contributed by atoms with E-state index >= 15 is 0 Å². The van der Waals surface area contributed by atoms with Crippen molar-refractivity contribution in [3.8, 4) is 5.75 Å². The van der Waals surface area contributed by atoms with Crippen LogP contribution in [0.25, 0.3) is 6.08 Å². The highest BCUT2D eigenvalue weighted by molar-refractivity contribution is 9.10. The number of nitrogens with zero attached hydrogens (tertiary/aromatic N) is 1. The lowest BCUT2D eigenvalue weighted by atomic mass is 9.58. The number of phenolic OH excluding ortho intramolecular Hbond substituents is 1. The van der Waals surface area contributed by atoms with Crippen LogP contribution in [0.15, 0.2) is 39.4 Å². The molecule has 1 aromatic rings. The molecule has 0 radical (unpaired) electrons. The molecule has 7 nitrogen and oxygen atoms in total. The number of likely N-dealkylation sites (tertiary alicyclic amines) is 1.